The minimum absolute atomic E-state index is 0.0757. The number of benzene rings is 2. The Bertz CT molecular complexity index is 1160. The summed E-state index contributed by atoms with van der Waals surface area (Å²) in [7, 11) is -3.54. The van der Waals surface area contributed by atoms with Gasteiger partial charge in [0.25, 0.3) is 0 Å². The van der Waals surface area contributed by atoms with Crippen LogP contribution >= 0.6 is 0 Å². The molecular weight excluding hydrogens is 505 g/mol. The number of carbonyl (C=O) groups is 2. The summed E-state index contributed by atoms with van der Waals surface area (Å²) >= 11 is 0. The van der Waals surface area contributed by atoms with Crippen LogP contribution in [0.1, 0.15) is 69.4 Å². The van der Waals surface area contributed by atoms with Gasteiger partial charge in [0.2, 0.25) is 21.8 Å². The summed E-state index contributed by atoms with van der Waals surface area (Å²) in [6.07, 6.45) is 7.17. The van der Waals surface area contributed by atoms with Crippen LogP contribution in [0, 0.1) is 12.7 Å². The maximum Gasteiger partial charge on any atom is 0.243 e. The van der Waals surface area contributed by atoms with Gasteiger partial charge in [0, 0.05) is 25.6 Å². The number of hydrogen-bond acceptors (Lipinski definition) is 4. The SMILES string of the molecule is CC[C@H](C(=O)NC1CCCCC1)N(Cc1ccc(F)cc1)C(=O)CCCN(c1ccc(C)cc1)S(C)(=O)=O. The van der Waals surface area contributed by atoms with E-state index in [2.05, 4.69) is 5.32 Å². The first-order chi connectivity index (χ1) is 18.1. The van der Waals surface area contributed by atoms with E-state index < -0.39 is 16.1 Å². The number of aryl methyl sites for hydroxylation is 1. The first-order valence-electron chi connectivity index (χ1n) is 13.5. The number of nitrogens with zero attached hydrogens (tertiary/aromatic N) is 2. The fraction of sp³-hybridized carbons (Fsp3) is 0.517. The fourth-order valence-corrected chi connectivity index (χ4v) is 5.93. The molecule has 0 radical (unpaired) electrons. The minimum atomic E-state index is -3.54. The summed E-state index contributed by atoms with van der Waals surface area (Å²) in [5.74, 6) is -0.782. The minimum Gasteiger partial charge on any atom is -0.352 e. The zero-order valence-electron chi connectivity index (χ0n) is 22.7. The topological polar surface area (TPSA) is 86.8 Å². The lowest BCUT2D eigenvalue weighted by Crippen LogP contribution is -2.51. The third-order valence-corrected chi connectivity index (χ3v) is 8.27. The molecule has 7 nitrogen and oxygen atoms in total. The van der Waals surface area contributed by atoms with Gasteiger partial charge in [0.15, 0.2) is 0 Å². The van der Waals surface area contributed by atoms with E-state index >= 15 is 0 Å². The molecule has 3 rings (SSSR count). The van der Waals surface area contributed by atoms with Crippen molar-refractivity contribution in [2.45, 2.75) is 83.8 Å². The predicted octanol–water partition coefficient (Wildman–Crippen LogP) is 4.94. The third kappa shape index (κ3) is 8.55. The highest BCUT2D eigenvalue weighted by Gasteiger charge is 2.30. The third-order valence-electron chi connectivity index (χ3n) is 7.08. The molecule has 2 aromatic carbocycles. The summed E-state index contributed by atoms with van der Waals surface area (Å²) in [4.78, 5) is 28.4. The van der Waals surface area contributed by atoms with Crippen LogP contribution in [-0.2, 0) is 26.2 Å². The van der Waals surface area contributed by atoms with Crippen molar-refractivity contribution in [1.29, 1.82) is 0 Å². The van der Waals surface area contributed by atoms with Crippen LogP contribution in [0.5, 0.6) is 0 Å². The molecule has 38 heavy (non-hydrogen) atoms. The molecule has 2 aromatic rings. The van der Waals surface area contributed by atoms with Gasteiger partial charge >= 0.3 is 0 Å². The van der Waals surface area contributed by atoms with Crippen molar-refractivity contribution in [3.8, 4) is 0 Å². The summed E-state index contributed by atoms with van der Waals surface area (Å²) in [6, 6.07) is 12.6. The van der Waals surface area contributed by atoms with E-state index in [1.807, 2.05) is 26.0 Å². The second kappa shape index (κ2) is 13.7. The van der Waals surface area contributed by atoms with E-state index in [0.29, 0.717) is 18.5 Å². The standard InChI is InChI=1S/C29H40FN3O4S/c1-4-27(29(35)31-25-9-6-5-7-10-25)32(21-23-14-16-24(30)17-15-23)28(34)11-8-20-33(38(3,36)37)26-18-12-22(2)13-19-26/h12-19,25,27H,4-11,20-21H2,1-3H3,(H,31,35)/t27-/m1/s1. The van der Waals surface area contributed by atoms with Gasteiger partial charge in [-0.15, -0.1) is 0 Å². The lowest BCUT2D eigenvalue weighted by molar-refractivity contribution is -0.141. The predicted molar refractivity (Wildman–Crippen MR) is 149 cm³/mol. The summed E-state index contributed by atoms with van der Waals surface area (Å²) < 4.78 is 39.8. The number of sulfonamides is 1. The van der Waals surface area contributed by atoms with Gasteiger partial charge in [-0.3, -0.25) is 13.9 Å². The van der Waals surface area contributed by atoms with Crippen LogP contribution in [0.2, 0.25) is 0 Å². The Kier molecular flexibility index (Phi) is 10.7. The number of amides is 2. The molecule has 0 heterocycles. The van der Waals surface area contributed by atoms with Gasteiger partial charge in [0.05, 0.1) is 11.9 Å². The molecule has 0 spiro atoms. The highest BCUT2D eigenvalue weighted by atomic mass is 32.2. The molecule has 0 unspecified atom stereocenters. The van der Waals surface area contributed by atoms with E-state index in [-0.39, 0.29) is 43.2 Å². The first-order valence-corrected chi connectivity index (χ1v) is 15.3. The van der Waals surface area contributed by atoms with Gasteiger partial charge < -0.3 is 10.2 Å². The van der Waals surface area contributed by atoms with E-state index in [0.717, 1.165) is 43.1 Å². The molecule has 1 aliphatic rings. The maximum atomic E-state index is 13.5. The van der Waals surface area contributed by atoms with Crippen LogP contribution in [0.4, 0.5) is 10.1 Å². The van der Waals surface area contributed by atoms with Crippen molar-refractivity contribution in [2.24, 2.45) is 0 Å². The van der Waals surface area contributed by atoms with Crippen LogP contribution in [0.25, 0.3) is 0 Å². The lowest BCUT2D eigenvalue weighted by atomic mass is 9.95. The Labute approximate surface area is 226 Å². The molecule has 1 atom stereocenters. The van der Waals surface area contributed by atoms with Crippen molar-refractivity contribution >= 4 is 27.5 Å². The summed E-state index contributed by atoms with van der Waals surface area (Å²) in [6.45, 7) is 4.11. The number of nitrogens with one attached hydrogen (secondary N) is 1. The lowest BCUT2D eigenvalue weighted by Gasteiger charge is -2.33. The molecule has 1 saturated carbocycles. The monoisotopic (exact) mass is 545 g/mol. The van der Waals surface area contributed by atoms with Crippen molar-refractivity contribution in [3.05, 3.63) is 65.5 Å². The first kappa shape index (κ1) is 29.6. The van der Waals surface area contributed by atoms with Gasteiger partial charge in [0.1, 0.15) is 11.9 Å². The van der Waals surface area contributed by atoms with Crippen molar-refractivity contribution in [2.75, 3.05) is 17.1 Å². The fourth-order valence-electron chi connectivity index (χ4n) is 4.97. The van der Waals surface area contributed by atoms with Crippen LogP contribution < -0.4 is 9.62 Å². The second-order valence-corrected chi connectivity index (χ2v) is 12.1. The smallest absolute Gasteiger partial charge is 0.243 e. The number of rotatable bonds is 12. The normalized spacial score (nSPS) is 15.1. The molecule has 1 fully saturated rings. The van der Waals surface area contributed by atoms with Crippen molar-refractivity contribution < 1.29 is 22.4 Å². The van der Waals surface area contributed by atoms with Gasteiger partial charge in [-0.2, -0.15) is 0 Å². The molecule has 0 aromatic heterocycles. The quantitative estimate of drug-likeness (QED) is 0.410. The number of halogens is 1. The number of carbonyl (C=O) groups excluding carboxylic acids is 2. The van der Waals surface area contributed by atoms with Gasteiger partial charge in [-0.1, -0.05) is 56.0 Å². The molecule has 0 aliphatic heterocycles. The van der Waals surface area contributed by atoms with E-state index in [1.54, 1.807) is 29.2 Å². The van der Waals surface area contributed by atoms with E-state index in [1.165, 1.54) is 22.9 Å². The Morgan fingerprint density at radius 2 is 1.66 bits per heavy atom. The average Bonchev–Trinajstić information content (AvgIpc) is 2.88. The van der Waals surface area contributed by atoms with Gasteiger partial charge in [-0.25, -0.2) is 12.8 Å². The van der Waals surface area contributed by atoms with Crippen LogP contribution in [0.15, 0.2) is 48.5 Å². The van der Waals surface area contributed by atoms with Crippen LogP contribution in [-0.4, -0.2) is 50.0 Å². The molecule has 0 saturated heterocycles. The van der Waals surface area contributed by atoms with Crippen molar-refractivity contribution in [1.82, 2.24) is 10.2 Å². The van der Waals surface area contributed by atoms with Crippen LogP contribution in [0.3, 0.4) is 0 Å². The van der Waals surface area contributed by atoms with Crippen molar-refractivity contribution in [3.63, 3.8) is 0 Å². The van der Waals surface area contributed by atoms with Gasteiger partial charge in [-0.05, 0) is 62.4 Å². The summed E-state index contributed by atoms with van der Waals surface area (Å²) in [5, 5.41) is 3.14. The summed E-state index contributed by atoms with van der Waals surface area (Å²) in [5.41, 5.74) is 2.29. The Morgan fingerprint density at radius 1 is 1.03 bits per heavy atom. The Balaban J connectivity index is 1.74. The second-order valence-electron chi connectivity index (χ2n) is 10.2. The number of hydrogen-bond donors (Lipinski definition) is 1. The average molecular weight is 546 g/mol. The molecule has 2 amide bonds. The van der Waals surface area contributed by atoms with E-state index in [9.17, 15) is 22.4 Å². The molecule has 1 aliphatic carbocycles. The largest absolute Gasteiger partial charge is 0.352 e. The molecule has 1 N–H and O–H groups in total. The number of anilines is 1. The zero-order chi connectivity index (χ0) is 27.7. The molecule has 208 valence electrons. The molecule has 0 bridgehead atoms. The maximum absolute atomic E-state index is 13.5. The Morgan fingerprint density at radius 3 is 2.24 bits per heavy atom. The van der Waals surface area contributed by atoms with E-state index in [4.69, 9.17) is 0 Å². The molecule has 9 heteroatoms. The highest BCUT2D eigenvalue weighted by molar-refractivity contribution is 7.92. The zero-order valence-corrected chi connectivity index (χ0v) is 23.5. The highest BCUT2D eigenvalue weighted by Crippen LogP contribution is 2.21. The Hall–Kier alpha value is -2.94. The molecular formula is C29H40FN3O4S.